The smallest absolute Gasteiger partial charge is 0.167 e. The molecule has 2 nitrogen and oxygen atoms in total. The van der Waals surface area contributed by atoms with Crippen molar-refractivity contribution < 1.29 is 9.13 Å². The molecule has 3 heteroatoms. The molecule has 0 heterocycles. The first-order chi connectivity index (χ1) is 8.65. The molecule has 1 N–H and O–H groups in total. The van der Waals surface area contributed by atoms with Crippen LogP contribution in [0.15, 0.2) is 18.2 Å². The van der Waals surface area contributed by atoms with Gasteiger partial charge in [-0.15, -0.1) is 0 Å². The van der Waals surface area contributed by atoms with Crippen molar-refractivity contribution in [1.29, 1.82) is 0 Å². The van der Waals surface area contributed by atoms with Crippen molar-refractivity contribution in [2.24, 2.45) is 0 Å². The van der Waals surface area contributed by atoms with E-state index in [9.17, 15) is 4.39 Å². The van der Waals surface area contributed by atoms with Crippen molar-refractivity contribution >= 4 is 0 Å². The number of ether oxygens (including phenoxy) is 1. The van der Waals surface area contributed by atoms with Gasteiger partial charge in [-0.05, 0) is 51.3 Å². The summed E-state index contributed by atoms with van der Waals surface area (Å²) in [5.41, 5.74) is 0.630. The van der Waals surface area contributed by atoms with Crippen molar-refractivity contribution in [3.8, 4) is 5.75 Å². The summed E-state index contributed by atoms with van der Waals surface area (Å²) in [5, 5.41) is 3.42. The van der Waals surface area contributed by atoms with Gasteiger partial charge >= 0.3 is 0 Å². The van der Waals surface area contributed by atoms with Gasteiger partial charge in [0.1, 0.15) is 0 Å². The fourth-order valence-corrected chi connectivity index (χ4v) is 1.80. The molecule has 0 saturated heterocycles. The fraction of sp³-hybridized carbons (Fsp3) is 0.600. The van der Waals surface area contributed by atoms with Crippen molar-refractivity contribution in [2.75, 3.05) is 13.2 Å². The minimum absolute atomic E-state index is 0.241. The Morgan fingerprint density at radius 1 is 1.39 bits per heavy atom. The van der Waals surface area contributed by atoms with E-state index in [-0.39, 0.29) is 5.82 Å². The number of hydrogen-bond donors (Lipinski definition) is 1. The second kappa shape index (κ2) is 8.09. The first-order valence-corrected chi connectivity index (χ1v) is 6.76. The van der Waals surface area contributed by atoms with Crippen molar-refractivity contribution in [3.05, 3.63) is 29.6 Å². The molecular formula is C15H24FNO. The van der Waals surface area contributed by atoms with E-state index < -0.39 is 0 Å². The molecule has 0 radical (unpaired) electrons. The Bertz CT molecular complexity index is 354. The Balaban J connectivity index is 2.23. The number of halogens is 1. The molecule has 1 rings (SSSR count). The van der Waals surface area contributed by atoms with E-state index in [2.05, 4.69) is 19.2 Å². The lowest BCUT2D eigenvalue weighted by atomic mass is 10.2. The Hall–Kier alpha value is -1.09. The van der Waals surface area contributed by atoms with Gasteiger partial charge in [0.2, 0.25) is 0 Å². The molecule has 1 unspecified atom stereocenters. The normalized spacial score (nSPS) is 12.4. The van der Waals surface area contributed by atoms with Crippen molar-refractivity contribution in [2.45, 2.75) is 46.1 Å². The minimum atomic E-state index is -0.241. The summed E-state index contributed by atoms with van der Waals surface area (Å²) in [7, 11) is 0. The molecule has 1 aromatic carbocycles. The van der Waals surface area contributed by atoms with Crippen LogP contribution in [0, 0.1) is 12.7 Å². The summed E-state index contributed by atoms with van der Waals surface area (Å²) in [6, 6.07) is 5.75. The first kappa shape index (κ1) is 15.0. The highest BCUT2D eigenvalue weighted by molar-refractivity contribution is 5.29. The Kier molecular flexibility index (Phi) is 6.73. The van der Waals surface area contributed by atoms with Crippen LogP contribution in [-0.2, 0) is 0 Å². The first-order valence-electron chi connectivity index (χ1n) is 6.76. The monoisotopic (exact) mass is 253 g/mol. The maximum atomic E-state index is 13.6. The summed E-state index contributed by atoms with van der Waals surface area (Å²) in [5.74, 6) is 0.124. The molecule has 0 amide bonds. The molecule has 1 atom stereocenters. The molecule has 0 aliphatic carbocycles. The molecule has 18 heavy (non-hydrogen) atoms. The van der Waals surface area contributed by atoms with Gasteiger partial charge < -0.3 is 10.1 Å². The fourth-order valence-electron chi connectivity index (χ4n) is 1.80. The van der Waals surface area contributed by atoms with Gasteiger partial charge in [-0.2, -0.15) is 0 Å². The average molecular weight is 253 g/mol. The standard InChI is InChI=1S/C15H24FNO/c1-4-10-17-13(3)8-6-11-18-14-9-5-7-12(2)15(14)16/h5,7,9,13,17H,4,6,8,10-11H2,1-3H3. The largest absolute Gasteiger partial charge is 0.491 e. The third-order valence-electron chi connectivity index (χ3n) is 2.94. The summed E-state index contributed by atoms with van der Waals surface area (Å²) in [6.45, 7) is 7.69. The van der Waals surface area contributed by atoms with Crippen molar-refractivity contribution in [1.82, 2.24) is 5.32 Å². The molecule has 0 aromatic heterocycles. The van der Waals surface area contributed by atoms with E-state index in [0.717, 1.165) is 25.8 Å². The molecule has 0 bridgehead atoms. The lowest BCUT2D eigenvalue weighted by molar-refractivity contribution is 0.284. The Labute approximate surface area is 110 Å². The minimum Gasteiger partial charge on any atom is -0.491 e. The van der Waals surface area contributed by atoms with Crippen LogP contribution >= 0.6 is 0 Å². The van der Waals surface area contributed by atoms with Crippen LogP contribution in [-0.4, -0.2) is 19.2 Å². The second-order valence-corrected chi connectivity index (χ2v) is 4.73. The number of aryl methyl sites for hydroxylation is 1. The summed E-state index contributed by atoms with van der Waals surface area (Å²) in [4.78, 5) is 0. The molecule has 1 aromatic rings. The third-order valence-corrected chi connectivity index (χ3v) is 2.94. The van der Waals surface area contributed by atoms with E-state index in [0.29, 0.717) is 24.0 Å². The van der Waals surface area contributed by atoms with Gasteiger partial charge in [0.15, 0.2) is 11.6 Å². The highest BCUT2D eigenvalue weighted by atomic mass is 19.1. The van der Waals surface area contributed by atoms with Crippen LogP contribution in [0.3, 0.4) is 0 Å². The van der Waals surface area contributed by atoms with Crippen LogP contribution < -0.4 is 10.1 Å². The van der Waals surface area contributed by atoms with E-state index >= 15 is 0 Å². The van der Waals surface area contributed by atoms with Crippen LogP contribution in [0.4, 0.5) is 4.39 Å². The van der Waals surface area contributed by atoms with E-state index in [1.54, 1.807) is 19.1 Å². The molecule has 102 valence electrons. The average Bonchev–Trinajstić information content (AvgIpc) is 2.37. The molecule has 0 saturated carbocycles. The van der Waals surface area contributed by atoms with Gasteiger partial charge in [-0.25, -0.2) is 4.39 Å². The molecular weight excluding hydrogens is 229 g/mol. The summed E-state index contributed by atoms with van der Waals surface area (Å²) >= 11 is 0. The Morgan fingerprint density at radius 3 is 2.89 bits per heavy atom. The maximum Gasteiger partial charge on any atom is 0.167 e. The number of rotatable bonds is 8. The molecule has 0 fully saturated rings. The van der Waals surface area contributed by atoms with E-state index in [4.69, 9.17) is 4.74 Å². The quantitative estimate of drug-likeness (QED) is 0.714. The molecule has 0 aliphatic rings. The van der Waals surface area contributed by atoms with Crippen molar-refractivity contribution in [3.63, 3.8) is 0 Å². The van der Waals surface area contributed by atoms with Crippen LogP contribution in [0.2, 0.25) is 0 Å². The van der Waals surface area contributed by atoms with Gasteiger partial charge in [0.05, 0.1) is 6.61 Å². The molecule has 0 aliphatic heterocycles. The van der Waals surface area contributed by atoms with Gasteiger partial charge in [-0.3, -0.25) is 0 Å². The number of hydrogen-bond acceptors (Lipinski definition) is 2. The second-order valence-electron chi connectivity index (χ2n) is 4.73. The zero-order valence-electron chi connectivity index (χ0n) is 11.6. The van der Waals surface area contributed by atoms with E-state index in [1.165, 1.54) is 0 Å². The lowest BCUT2D eigenvalue weighted by Crippen LogP contribution is -2.26. The highest BCUT2D eigenvalue weighted by Gasteiger charge is 2.06. The Morgan fingerprint density at radius 2 is 2.17 bits per heavy atom. The number of nitrogens with one attached hydrogen (secondary N) is 1. The van der Waals surface area contributed by atoms with Crippen LogP contribution in [0.1, 0.15) is 38.7 Å². The predicted molar refractivity (Wildman–Crippen MR) is 73.6 cm³/mol. The predicted octanol–water partition coefficient (Wildman–Crippen LogP) is 3.68. The highest BCUT2D eigenvalue weighted by Crippen LogP contribution is 2.19. The zero-order chi connectivity index (χ0) is 13.4. The van der Waals surface area contributed by atoms with E-state index in [1.807, 2.05) is 6.07 Å². The zero-order valence-corrected chi connectivity index (χ0v) is 11.6. The summed E-state index contributed by atoms with van der Waals surface area (Å²) < 4.78 is 19.1. The van der Waals surface area contributed by atoms with Gasteiger partial charge in [-0.1, -0.05) is 19.1 Å². The third kappa shape index (κ3) is 5.05. The lowest BCUT2D eigenvalue weighted by Gasteiger charge is -2.13. The van der Waals surface area contributed by atoms with Gasteiger partial charge in [0.25, 0.3) is 0 Å². The summed E-state index contributed by atoms with van der Waals surface area (Å²) in [6.07, 6.45) is 3.13. The van der Waals surface area contributed by atoms with Crippen LogP contribution in [0.5, 0.6) is 5.75 Å². The number of benzene rings is 1. The van der Waals surface area contributed by atoms with Gasteiger partial charge in [0, 0.05) is 6.04 Å². The SMILES string of the molecule is CCCNC(C)CCCOc1cccc(C)c1F. The topological polar surface area (TPSA) is 21.3 Å². The maximum absolute atomic E-state index is 13.6. The molecule has 0 spiro atoms. The van der Waals surface area contributed by atoms with Crippen LogP contribution in [0.25, 0.3) is 0 Å².